The van der Waals surface area contributed by atoms with Crippen LogP contribution >= 0.6 is 23.2 Å². The van der Waals surface area contributed by atoms with Crippen LogP contribution in [-0.4, -0.2) is 0 Å². The Morgan fingerprint density at radius 2 is 2.15 bits per heavy atom. The van der Waals surface area contributed by atoms with Crippen molar-refractivity contribution in [2.75, 3.05) is 0 Å². The quantitative estimate of drug-likeness (QED) is 0.703. The van der Waals surface area contributed by atoms with Crippen LogP contribution in [0.3, 0.4) is 0 Å². The van der Waals surface area contributed by atoms with Crippen molar-refractivity contribution >= 4 is 23.2 Å². The van der Waals surface area contributed by atoms with Gasteiger partial charge in [-0.25, -0.2) is 0 Å². The molecule has 0 N–H and O–H groups in total. The lowest BCUT2D eigenvalue weighted by Gasteiger charge is -2.05. The average Bonchev–Trinajstić information content (AvgIpc) is 2.07. The maximum Gasteiger partial charge on any atom is 0.0467 e. The number of rotatable bonds is 3. The highest BCUT2D eigenvalue weighted by Gasteiger charge is 2.02. The van der Waals surface area contributed by atoms with Gasteiger partial charge in [-0.15, -0.1) is 0 Å². The summed E-state index contributed by atoms with van der Waals surface area (Å²) < 4.78 is 0. The summed E-state index contributed by atoms with van der Waals surface area (Å²) in [5, 5.41) is 1.53. The number of hydrogen-bond donors (Lipinski definition) is 0. The van der Waals surface area contributed by atoms with E-state index in [1.54, 1.807) is 0 Å². The number of aryl methyl sites for hydroxylation is 2. The second kappa shape index (κ2) is 4.69. The van der Waals surface area contributed by atoms with Crippen LogP contribution in [0.15, 0.2) is 29.8 Å². The Bertz CT molecular complexity index is 316. The standard InChI is InChI=1S/C11H12Cl2/c1-8-4-3-5-10(11(8)13)7-6-9(2)12/h3-5H,2,6-7H2,1H3. The van der Waals surface area contributed by atoms with Crippen molar-refractivity contribution in [3.05, 3.63) is 46.0 Å². The third-order valence-corrected chi connectivity index (χ3v) is 2.67. The SMILES string of the molecule is C=C(Cl)CCc1cccc(C)c1Cl. The fourth-order valence-electron chi connectivity index (χ4n) is 1.17. The molecule has 0 aliphatic heterocycles. The molecular formula is C11H12Cl2. The van der Waals surface area contributed by atoms with E-state index in [0.717, 1.165) is 29.0 Å². The fraction of sp³-hybridized carbons (Fsp3) is 0.273. The third-order valence-electron chi connectivity index (χ3n) is 1.94. The molecule has 2 heteroatoms. The van der Waals surface area contributed by atoms with Crippen molar-refractivity contribution in [1.29, 1.82) is 0 Å². The minimum absolute atomic E-state index is 0.678. The first-order chi connectivity index (χ1) is 6.11. The Balaban J connectivity index is 2.77. The molecule has 0 heterocycles. The summed E-state index contributed by atoms with van der Waals surface area (Å²) in [6, 6.07) is 6.03. The van der Waals surface area contributed by atoms with Gasteiger partial charge in [0.15, 0.2) is 0 Å². The van der Waals surface area contributed by atoms with E-state index in [9.17, 15) is 0 Å². The molecule has 1 aromatic rings. The van der Waals surface area contributed by atoms with Gasteiger partial charge >= 0.3 is 0 Å². The molecule has 0 saturated heterocycles. The highest BCUT2D eigenvalue weighted by Crippen LogP contribution is 2.22. The summed E-state index contributed by atoms with van der Waals surface area (Å²) in [5.74, 6) is 0. The van der Waals surface area contributed by atoms with Crippen LogP contribution in [-0.2, 0) is 6.42 Å². The highest BCUT2D eigenvalue weighted by molar-refractivity contribution is 6.32. The maximum absolute atomic E-state index is 6.10. The molecule has 0 aromatic heterocycles. The van der Waals surface area contributed by atoms with Crippen LogP contribution in [0.5, 0.6) is 0 Å². The molecule has 1 aromatic carbocycles. The van der Waals surface area contributed by atoms with Gasteiger partial charge in [0.2, 0.25) is 0 Å². The Labute approximate surface area is 89.2 Å². The van der Waals surface area contributed by atoms with Crippen molar-refractivity contribution in [1.82, 2.24) is 0 Å². The molecular weight excluding hydrogens is 203 g/mol. The number of benzene rings is 1. The average molecular weight is 215 g/mol. The Kier molecular flexibility index (Phi) is 3.83. The lowest BCUT2D eigenvalue weighted by molar-refractivity contribution is 0.987. The Morgan fingerprint density at radius 3 is 2.77 bits per heavy atom. The molecule has 0 radical (unpaired) electrons. The first-order valence-corrected chi connectivity index (χ1v) is 4.94. The van der Waals surface area contributed by atoms with Gasteiger partial charge < -0.3 is 0 Å². The van der Waals surface area contributed by atoms with E-state index in [4.69, 9.17) is 23.2 Å². The molecule has 0 nitrogen and oxygen atoms in total. The molecule has 0 aliphatic rings. The van der Waals surface area contributed by atoms with Gasteiger partial charge in [0.05, 0.1) is 0 Å². The van der Waals surface area contributed by atoms with Crippen molar-refractivity contribution in [2.45, 2.75) is 19.8 Å². The first kappa shape index (κ1) is 10.6. The van der Waals surface area contributed by atoms with Gasteiger partial charge in [-0.1, -0.05) is 48.0 Å². The summed E-state index contributed by atoms with van der Waals surface area (Å²) in [4.78, 5) is 0. The monoisotopic (exact) mass is 214 g/mol. The normalized spacial score (nSPS) is 10.1. The van der Waals surface area contributed by atoms with E-state index in [-0.39, 0.29) is 0 Å². The van der Waals surface area contributed by atoms with Crippen LogP contribution in [0.2, 0.25) is 5.02 Å². The minimum Gasteiger partial charge on any atom is -0.0898 e. The van der Waals surface area contributed by atoms with Crippen LogP contribution in [0.1, 0.15) is 17.5 Å². The van der Waals surface area contributed by atoms with Crippen molar-refractivity contribution in [3.63, 3.8) is 0 Å². The van der Waals surface area contributed by atoms with E-state index in [0.29, 0.717) is 5.03 Å². The summed E-state index contributed by atoms with van der Waals surface area (Å²) in [6.45, 7) is 5.65. The highest BCUT2D eigenvalue weighted by atomic mass is 35.5. The molecule has 70 valence electrons. The van der Waals surface area contributed by atoms with Crippen molar-refractivity contribution in [2.24, 2.45) is 0 Å². The maximum atomic E-state index is 6.10. The van der Waals surface area contributed by atoms with Crippen molar-refractivity contribution in [3.8, 4) is 0 Å². The number of allylic oxidation sites excluding steroid dienone is 1. The minimum atomic E-state index is 0.678. The molecule has 13 heavy (non-hydrogen) atoms. The van der Waals surface area contributed by atoms with E-state index in [2.05, 4.69) is 6.58 Å². The van der Waals surface area contributed by atoms with E-state index in [1.165, 1.54) is 0 Å². The fourth-order valence-corrected chi connectivity index (χ4v) is 1.49. The number of halogens is 2. The lowest BCUT2D eigenvalue weighted by Crippen LogP contribution is -1.88. The second-order valence-electron chi connectivity index (χ2n) is 3.07. The molecule has 0 bridgehead atoms. The summed E-state index contributed by atoms with van der Waals surface area (Å²) >= 11 is 11.8. The Hall–Kier alpha value is -0.460. The molecule has 1 rings (SSSR count). The van der Waals surface area contributed by atoms with Gasteiger partial charge in [-0.2, -0.15) is 0 Å². The summed E-state index contributed by atoms with van der Waals surface area (Å²) in [5.41, 5.74) is 2.25. The van der Waals surface area contributed by atoms with Crippen molar-refractivity contribution < 1.29 is 0 Å². The van der Waals surface area contributed by atoms with E-state index >= 15 is 0 Å². The molecule has 0 aliphatic carbocycles. The molecule has 0 saturated carbocycles. The van der Waals surface area contributed by atoms with Gasteiger partial charge in [-0.05, 0) is 30.9 Å². The zero-order valence-corrected chi connectivity index (χ0v) is 9.12. The first-order valence-electron chi connectivity index (χ1n) is 4.18. The predicted molar refractivity (Wildman–Crippen MR) is 59.5 cm³/mol. The molecule has 0 atom stereocenters. The molecule has 0 fully saturated rings. The predicted octanol–water partition coefficient (Wildman–Crippen LogP) is 4.33. The zero-order valence-electron chi connectivity index (χ0n) is 7.61. The third kappa shape index (κ3) is 3.06. The summed E-state index contributed by atoms with van der Waals surface area (Å²) in [7, 11) is 0. The largest absolute Gasteiger partial charge is 0.0898 e. The molecule has 0 unspecified atom stereocenters. The topological polar surface area (TPSA) is 0 Å². The molecule has 0 amide bonds. The van der Waals surface area contributed by atoms with E-state index in [1.807, 2.05) is 25.1 Å². The van der Waals surface area contributed by atoms with Crippen LogP contribution in [0, 0.1) is 6.92 Å². The zero-order chi connectivity index (χ0) is 9.84. The van der Waals surface area contributed by atoms with Gasteiger partial charge in [-0.3, -0.25) is 0 Å². The van der Waals surface area contributed by atoms with Gasteiger partial charge in [0, 0.05) is 10.1 Å². The van der Waals surface area contributed by atoms with E-state index < -0.39 is 0 Å². The summed E-state index contributed by atoms with van der Waals surface area (Å²) in [6.07, 6.45) is 1.65. The Morgan fingerprint density at radius 1 is 1.46 bits per heavy atom. The van der Waals surface area contributed by atoms with Crippen LogP contribution in [0.4, 0.5) is 0 Å². The lowest BCUT2D eigenvalue weighted by atomic mass is 10.1. The van der Waals surface area contributed by atoms with Crippen LogP contribution in [0.25, 0.3) is 0 Å². The van der Waals surface area contributed by atoms with Gasteiger partial charge in [0.25, 0.3) is 0 Å². The number of hydrogen-bond acceptors (Lipinski definition) is 0. The molecule has 0 spiro atoms. The van der Waals surface area contributed by atoms with Gasteiger partial charge in [0.1, 0.15) is 0 Å². The second-order valence-corrected chi connectivity index (χ2v) is 3.98. The smallest absolute Gasteiger partial charge is 0.0467 e. The van der Waals surface area contributed by atoms with Crippen LogP contribution < -0.4 is 0 Å².